The lowest BCUT2D eigenvalue weighted by Gasteiger charge is -2.23. The lowest BCUT2D eigenvalue weighted by Crippen LogP contribution is -2.30. The van der Waals surface area contributed by atoms with E-state index in [9.17, 15) is 4.79 Å². The van der Waals surface area contributed by atoms with Crippen molar-refractivity contribution in [3.63, 3.8) is 0 Å². The first-order chi connectivity index (χ1) is 11.6. The fourth-order valence-corrected chi connectivity index (χ4v) is 3.00. The molecule has 24 heavy (non-hydrogen) atoms. The smallest absolute Gasteiger partial charge is 0.270 e. The highest BCUT2D eigenvalue weighted by atomic mass is 16.5. The maximum absolute atomic E-state index is 12.3. The van der Waals surface area contributed by atoms with E-state index in [1.807, 2.05) is 19.1 Å². The van der Waals surface area contributed by atoms with Crippen molar-refractivity contribution in [3.8, 4) is 0 Å². The largest absolute Gasteiger partial charge is 0.383 e. The summed E-state index contributed by atoms with van der Waals surface area (Å²) in [6.45, 7) is 4.95. The van der Waals surface area contributed by atoms with Crippen LogP contribution in [0.5, 0.6) is 0 Å². The van der Waals surface area contributed by atoms with Crippen LogP contribution in [0.4, 0.5) is 11.6 Å². The molecule has 1 N–H and O–H groups in total. The standard InChI is InChI=1S/C18H22N4O2/c1-12-10-15(17(23)19-8-9-24-3)21-18(20-12)22-13(2)11-14-6-4-5-7-16(14)22/h4-7,10,13H,8-9,11H2,1-3H3,(H,19,23). The molecule has 1 amide bonds. The summed E-state index contributed by atoms with van der Waals surface area (Å²) in [7, 11) is 1.60. The molecular weight excluding hydrogens is 304 g/mol. The number of aryl methyl sites for hydroxylation is 1. The summed E-state index contributed by atoms with van der Waals surface area (Å²) >= 11 is 0. The Balaban J connectivity index is 1.90. The van der Waals surface area contributed by atoms with Crippen molar-refractivity contribution < 1.29 is 9.53 Å². The Morgan fingerprint density at radius 1 is 1.38 bits per heavy atom. The Labute approximate surface area is 141 Å². The van der Waals surface area contributed by atoms with E-state index in [0.717, 1.165) is 17.8 Å². The number of nitrogens with one attached hydrogen (secondary N) is 1. The van der Waals surface area contributed by atoms with E-state index in [1.54, 1.807) is 13.2 Å². The first kappa shape index (κ1) is 16.4. The monoisotopic (exact) mass is 326 g/mol. The summed E-state index contributed by atoms with van der Waals surface area (Å²) in [5, 5.41) is 2.80. The maximum atomic E-state index is 12.3. The lowest BCUT2D eigenvalue weighted by atomic mass is 10.1. The van der Waals surface area contributed by atoms with Crippen LogP contribution >= 0.6 is 0 Å². The predicted octanol–water partition coefficient (Wildman–Crippen LogP) is 2.24. The van der Waals surface area contributed by atoms with Gasteiger partial charge in [0.25, 0.3) is 5.91 Å². The van der Waals surface area contributed by atoms with Crippen molar-refractivity contribution in [1.29, 1.82) is 0 Å². The molecule has 0 saturated carbocycles. The number of methoxy groups -OCH3 is 1. The van der Waals surface area contributed by atoms with Crippen LogP contribution in [0.2, 0.25) is 0 Å². The van der Waals surface area contributed by atoms with Gasteiger partial charge in [-0.3, -0.25) is 4.79 Å². The van der Waals surface area contributed by atoms with E-state index < -0.39 is 0 Å². The van der Waals surface area contributed by atoms with Gasteiger partial charge in [0.2, 0.25) is 5.95 Å². The molecule has 0 saturated heterocycles. The van der Waals surface area contributed by atoms with Crippen LogP contribution in [0.15, 0.2) is 30.3 Å². The van der Waals surface area contributed by atoms with Gasteiger partial charge in [0.1, 0.15) is 5.69 Å². The number of benzene rings is 1. The second-order valence-electron chi connectivity index (χ2n) is 6.00. The van der Waals surface area contributed by atoms with Crippen LogP contribution < -0.4 is 10.2 Å². The number of carbonyl (C=O) groups is 1. The van der Waals surface area contributed by atoms with E-state index in [-0.39, 0.29) is 11.9 Å². The van der Waals surface area contributed by atoms with Gasteiger partial charge in [-0.25, -0.2) is 9.97 Å². The zero-order valence-electron chi connectivity index (χ0n) is 14.2. The number of rotatable bonds is 5. The third-order valence-electron chi connectivity index (χ3n) is 4.09. The molecule has 6 heteroatoms. The van der Waals surface area contributed by atoms with Gasteiger partial charge in [0, 0.05) is 31.1 Å². The third-order valence-corrected chi connectivity index (χ3v) is 4.09. The summed E-state index contributed by atoms with van der Waals surface area (Å²) in [5.74, 6) is 0.364. The second kappa shape index (κ2) is 6.97. The van der Waals surface area contributed by atoms with Crippen molar-refractivity contribution in [2.24, 2.45) is 0 Å². The van der Waals surface area contributed by atoms with Gasteiger partial charge in [-0.05, 0) is 38.0 Å². The molecule has 2 heterocycles. The number of hydrogen-bond acceptors (Lipinski definition) is 5. The summed E-state index contributed by atoms with van der Waals surface area (Å²) < 4.78 is 4.95. The average Bonchev–Trinajstić information content (AvgIpc) is 2.90. The molecule has 1 atom stereocenters. The fourth-order valence-electron chi connectivity index (χ4n) is 3.00. The molecule has 2 aromatic rings. The predicted molar refractivity (Wildman–Crippen MR) is 92.7 cm³/mol. The van der Waals surface area contributed by atoms with Crippen LogP contribution in [-0.2, 0) is 11.2 Å². The number of amides is 1. The Morgan fingerprint density at radius 3 is 2.96 bits per heavy atom. The molecule has 1 aromatic carbocycles. The molecule has 126 valence electrons. The highest BCUT2D eigenvalue weighted by Gasteiger charge is 2.29. The molecule has 0 bridgehead atoms. The Hall–Kier alpha value is -2.47. The van der Waals surface area contributed by atoms with Crippen molar-refractivity contribution in [2.45, 2.75) is 26.3 Å². The van der Waals surface area contributed by atoms with E-state index in [0.29, 0.717) is 24.8 Å². The average molecular weight is 326 g/mol. The van der Waals surface area contributed by atoms with Gasteiger partial charge in [-0.2, -0.15) is 0 Å². The first-order valence-electron chi connectivity index (χ1n) is 8.10. The maximum Gasteiger partial charge on any atom is 0.270 e. The molecule has 0 fully saturated rings. The minimum absolute atomic E-state index is 0.209. The van der Waals surface area contributed by atoms with Crippen molar-refractivity contribution in [1.82, 2.24) is 15.3 Å². The molecule has 3 rings (SSSR count). The fraction of sp³-hybridized carbons (Fsp3) is 0.389. The number of carbonyl (C=O) groups excluding carboxylic acids is 1. The Kier molecular flexibility index (Phi) is 4.76. The molecule has 6 nitrogen and oxygen atoms in total. The molecule has 0 spiro atoms. The molecule has 1 aliphatic rings. The third kappa shape index (κ3) is 3.23. The first-order valence-corrected chi connectivity index (χ1v) is 8.10. The van der Waals surface area contributed by atoms with Crippen molar-refractivity contribution in [3.05, 3.63) is 47.3 Å². The van der Waals surface area contributed by atoms with Gasteiger partial charge in [0.15, 0.2) is 0 Å². The van der Waals surface area contributed by atoms with Crippen LogP contribution in [-0.4, -0.2) is 42.2 Å². The Bertz CT molecular complexity index is 748. The minimum atomic E-state index is -0.209. The number of para-hydroxylation sites is 1. The van der Waals surface area contributed by atoms with Gasteiger partial charge < -0.3 is 15.0 Å². The molecule has 0 aliphatic carbocycles. The van der Waals surface area contributed by atoms with Crippen LogP contribution in [0, 0.1) is 6.92 Å². The summed E-state index contributed by atoms with van der Waals surface area (Å²) in [6, 6.07) is 10.2. The van der Waals surface area contributed by atoms with Crippen LogP contribution in [0.3, 0.4) is 0 Å². The molecule has 1 aliphatic heterocycles. The van der Waals surface area contributed by atoms with Gasteiger partial charge >= 0.3 is 0 Å². The lowest BCUT2D eigenvalue weighted by molar-refractivity contribution is 0.0932. The molecule has 0 radical (unpaired) electrons. The van der Waals surface area contributed by atoms with Crippen LogP contribution in [0.25, 0.3) is 0 Å². The van der Waals surface area contributed by atoms with Gasteiger partial charge in [-0.15, -0.1) is 0 Å². The van der Waals surface area contributed by atoms with Crippen molar-refractivity contribution >= 4 is 17.5 Å². The molecular formula is C18H22N4O2. The van der Waals surface area contributed by atoms with Gasteiger partial charge in [0.05, 0.1) is 6.61 Å². The Morgan fingerprint density at radius 2 is 2.17 bits per heavy atom. The number of nitrogens with zero attached hydrogens (tertiary/aromatic N) is 3. The molecule has 1 unspecified atom stereocenters. The normalized spacial score (nSPS) is 16.1. The summed E-state index contributed by atoms with van der Waals surface area (Å²) in [4.78, 5) is 23.5. The summed E-state index contributed by atoms with van der Waals surface area (Å²) in [6.07, 6.45) is 0.947. The van der Waals surface area contributed by atoms with E-state index in [4.69, 9.17) is 4.74 Å². The summed E-state index contributed by atoms with van der Waals surface area (Å²) in [5.41, 5.74) is 3.54. The zero-order chi connectivity index (χ0) is 17.1. The highest BCUT2D eigenvalue weighted by molar-refractivity contribution is 5.92. The number of hydrogen-bond donors (Lipinski definition) is 1. The van der Waals surface area contributed by atoms with Gasteiger partial charge in [-0.1, -0.05) is 18.2 Å². The number of fused-ring (bicyclic) bond motifs is 1. The topological polar surface area (TPSA) is 67.3 Å². The SMILES string of the molecule is COCCNC(=O)c1cc(C)nc(N2c3ccccc3CC2C)n1. The molecule has 1 aromatic heterocycles. The number of ether oxygens (including phenoxy) is 1. The quantitative estimate of drug-likeness (QED) is 0.854. The van der Waals surface area contributed by atoms with E-state index >= 15 is 0 Å². The highest BCUT2D eigenvalue weighted by Crippen LogP contribution is 2.36. The van der Waals surface area contributed by atoms with Crippen LogP contribution in [0.1, 0.15) is 28.7 Å². The van der Waals surface area contributed by atoms with E-state index in [1.165, 1.54) is 5.56 Å². The minimum Gasteiger partial charge on any atom is -0.383 e. The second-order valence-corrected chi connectivity index (χ2v) is 6.00. The number of anilines is 2. The van der Waals surface area contributed by atoms with Crippen molar-refractivity contribution in [2.75, 3.05) is 25.2 Å². The van der Waals surface area contributed by atoms with E-state index in [2.05, 4.69) is 39.2 Å². The number of aromatic nitrogens is 2. The zero-order valence-corrected chi connectivity index (χ0v) is 14.2.